The molecule has 3 amide bonds. The van der Waals surface area contributed by atoms with Crippen LogP contribution in [0.2, 0.25) is 15.1 Å². The van der Waals surface area contributed by atoms with E-state index in [0.29, 0.717) is 140 Å². The van der Waals surface area contributed by atoms with Crippen LogP contribution in [0, 0.1) is 35.2 Å². The van der Waals surface area contributed by atoms with Gasteiger partial charge in [0.25, 0.3) is 17.7 Å². The summed E-state index contributed by atoms with van der Waals surface area (Å²) in [5.41, 5.74) is 10.5. The molecule has 0 saturated heterocycles. The number of aliphatic imine (C=N–C) groups is 1. The van der Waals surface area contributed by atoms with Gasteiger partial charge in [-0.1, -0.05) is 115 Å². The minimum absolute atomic E-state index is 0.0227. The van der Waals surface area contributed by atoms with Crippen LogP contribution in [-0.4, -0.2) is 128 Å². The number of aromatic nitrogens is 6. The topological polar surface area (TPSA) is 284 Å². The SMILES string of the molecule is CCc1nc2ccc(Cl)cn2c1C(=O)NCc1ccc(N(N)CCN)c(F)c1.CCc1nc2ccc(Cl)cn2c1C(=O)NCc1ccc(N2CCN(S(=O)(=O)C(F)(F)F)C(C(C)C)=N2)c(F)c1.CCc1nc2ccc(Cl)cn2c1C(=O)NCc1ccc(N2CCN=C(C(C)C)N2)c(F)c1.COC(C)(C)C(C)C. The second-order valence-electron chi connectivity index (χ2n) is 26.3. The zero-order valence-electron chi connectivity index (χ0n) is 61.4. The van der Waals surface area contributed by atoms with Crippen molar-refractivity contribution in [3.63, 3.8) is 0 Å². The van der Waals surface area contributed by atoms with Crippen LogP contribution >= 0.6 is 34.8 Å². The number of ether oxygens (including phenoxy) is 1. The number of aryl methyl sites for hydroxylation is 3. The predicted molar refractivity (Wildman–Crippen MR) is 407 cm³/mol. The van der Waals surface area contributed by atoms with Crippen molar-refractivity contribution in [1.82, 2.24) is 53.8 Å². The number of benzene rings is 3. The molecule has 34 heteroatoms. The maximum absolute atomic E-state index is 15.1. The number of amidine groups is 2. The van der Waals surface area contributed by atoms with Gasteiger partial charge in [0.15, 0.2) is 0 Å². The molecule has 0 saturated carbocycles. The summed E-state index contributed by atoms with van der Waals surface area (Å²) in [5.74, 6) is 3.80. The number of hydrogen-bond donors (Lipinski definition) is 6. The van der Waals surface area contributed by atoms with Crippen LogP contribution in [0.4, 0.5) is 43.4 Å². The van der Waals surface area contributed by atoms with Crippen LogP contribution in [0.1, 0.15) is 141 Å². The molecule has 0 atom stereocenters. The minimum Gasteiger partial charge on any atom is -0.379 e. The first-order chi connectivity index (χ1) is 50.5. The van der Waals surface area contributed by atoms with E-state index in [9.17, 15) is 44.8 Å². The number of anilines is 3. The van der Waals surface area contributed by atoms with Gasteiger partial charge in [-0.15, -0.1) is 0 Å². The van der Waals surface area contributed by atoms with E-state index in [2.05, 4.69) is 74.1 Å². The minimum atomic E-state index is -5.64. The monoisotopic (exact) mass is 1560 g/mol. The smallest absolute Gasteiger partial charge is 0.379 e. The Bertz CT molecular complexity index is 4860. The van der Waals surface area contributed by atoms with Crippen molar-refractivity contribution in [2.24, 2.45) is 39.4 Å². The summed E-state index contributed by atoms with van der Waals surface area (Å²) in [6, 6.07) is 24.0. The van der Waals surface area contributed by atoms with Crippen LogP contribution in [-0.2, 0) is 53.7 Å². The summed E-state index contributed by atoms with van der Waals surface area (Å²) in [7, 11) is -3.89. The molecule has 6 aromatic heterocycles. The number of rotatable bonds is 22. The number of amides is 3. The second-order valence-corrected chi connectivity index (χ2v) is 29.5. The highest BCUT2D eigenvalue weighted by atomic mass is 35.5. The van der Waals surface area contributed by atoms with Gasteiger partial charge in [-0.3, -0.25) is 48.0 Å². The van der Waals surface area contributed by atoms with Crippen LogP contribution in [0.5, 0.6) is 0 Å². The third-order valence-electron chi connectivity index (χ3n) is 17.7. The average Bonchev–Trinajstić information content (AvgIpc) is 1.67. The molecular weight excluding hydrogens is 1480 g/mol. The number of hydrogen-bond acceptors (Lipinski definition) is 17. The molecule has 9 aromatic rings. The molecule has 2 aliphatic heterocycles. The van der Waals surface area contributed by atoms with Crippen molar-refractivity contribution in [1.29, 1.82) is 0 Å². The van der Waals surface area contributed by atoms with Crippen molar-refractivity contribution in [3.05, 3.63) is 193 Å². The van der Waals surface area contributed by atoms with E-state index in [0.717, 1.165) is 10.8 Å². The predicted octanol–water partition coefficient (Wildman–Crippen LogP) is 12.9. The summed E-state index contributed by atoms with van der Waals surface area (Å²) >= 11 is 18.2. The number of sulfonamides is 1. The van der Waals surface area contributed by atoms with Gasteiger partial charge >= 0.3 is 15.5 Å². The Balaban J connectivity index is 0.000000194. The number of halogens is 9. The van der Waals surface area contributed by atoms with E-state index in [1.54, 1.807) is 98.5 Å². The zero-order chi connectivity index (χ0) is 78.6. The lowest BCUT2D eigenvalue weighted by Gasteiger charge is -2.35. The maximum Gasteiger partial charge on any atom is 0.516 e. The molecule has 0 unspecified atom stereocenters. The molecule has 576 valence electrons. The molecule has 0 aliphatic carbocycles. The number of alkyl halides is 3. The maximum atomic E-state index is 15.1. The van der Waals surface area contributed by atoms with E-state index in [1.165, 1.54) is 49.2 Å². The highest BCUT2D eigenvalue weighted by Gasteiger charge is 2.52. The molecule has 0 spiro atoms. The van der Waals surface area contributed by atoms with Gasteiger partial charge in [0.2, 0.25) is 0 Å². The normalized spacial score (nSPS) is 13.4. The highest BCUT2D eigenvalue weighted by Crippen LogP contribution is 2.33. The van der Waals surface area contributed by atoms with Crippen LogP contribution in [0.25, 0.3) is 16.9 Å². The highest BCUT2D eigenvalue weighted by molar-refractivity contribution is 7.90. The van der Waals surface area contributed by atoms with Crippen LogP contribution in [0.15, 0.2) is 120 Å². The Morgan fingerprint density at radius 3 is 1.39 bits per heavy atom. The molecule has 3 aromatic carbocycles. The molecule has 24 nitrogen and oxygen atoms in total. The van der Waals surface area contributed by atoms with Gasteiger partial charge in [-0.2, -0.15) is 26.7 Å². The van der Waals surface area contributed by atoms with E-state index >= 15 is 4.39 Å². The molecular formula is C73H89Cl3F6N18O6S. The Hall–Kier alpha value is -9.24. The largest absolute Gasteiger partial charge is 0.516 e. The van der Waals surface area contributed by atoms with Crippen molar-refractivity contribution in [2.45, 2.75) is 126 Å². The Morgan fingerprint density at radius 2 is 1.04 bits per heavy atom. The standard InChI is InChI=1S/C24H25ClF4N6O3S.C23H26ClFN6O.C19H22ClFN6O.C7H16O/c1-4-18-21(33-13-16(25)6-8-20(33)31-18)23(36)30-12-15-5-7-19(17(26)11-15)34-9-10-35(22(32-34)14(2)3)39(37,38)24(27,28)29;1-4-18-21(30-13-16(24)6-8-20(30)28-18)23(32)27-12-15-5-7-19(17(25)11-15)31-10-9-26-22(29-31)14(2)3;1-2-15-18(26-11-13(20)4-6-17(26)25-15)19(28)24-10-12-3-5-16(14(21)9-12)27(23)8-7-22;1-6(2)7(3,4)8-5/h5-8,11,13-14H,4,9-10,12H2,1-3H3,(H,30,36);5-8,11,13-14H,4,9-10,12H2,1-3H3,(H,26,29)(H,27,32);3-6,9,11H,2,7-8,10,22-23H2,1H3,(H,24,28);6H,1-5H3. The Kier molecular flexibility index (Phi) is 28.1. The number of hydrazone groups is 1. The molecule has 2 aliphatic rings. The Labute approximate surface area is 632 Å². The van der Waals surface area contributed by atoms with Gasteiger partial charge in [0.1, 0.15) is 63.1 Å². The first kappa shape index (κ1) is 83.4. The molecule has 107 heavy (non-hydrogen) atoms. The number of nitrogens with two attached hydrogens (primary N) is 2. The molecule has 0 radical (unpaired) electrons. The van der Waals surface area contributed by atoms with Gasteiger partial charge < -0.3 is 31.4 Å². The van der Waals surface area contributed by atoms with Crippen molar-refractivity contribution < 1.29 is 53.9 Å². The van der Waals surface area contributed by atoms with Gasteiger partial charge in [-0.25, -0.2) is 38.3 Å². The Morgan fingerprint density at radius 1 is 0.617 bits per heavy atom. The fraction of sp³-hybridized carbons (Fsp3) is 0.397. The van der Waals surface area contributed by atoms with Gasteiger partial charge in [-0.05, 0) is 129 Å². The summed E-state index contributed by atoms with van der Waals surface area (Å²) in [5, 5.41) is 18.1. The van der Waals surface area contributed by atoms with E-state index in [4.69, 9.17) is 51.1 Å². The summed E-state index contributed by atoms with van der Waals surface area (Å²) < 4.78 is 118. The molecule has 8 heterocycles. The number of carbonyl (C=O) groups excluding carboxylic acids is 3. The third-order valence-corrected chi connectivity index (χ3v) is 19.9. The number of pyridine rings is 3. The molecule has 11 rings (SSSR count). The summed E-state index contributed by atoms with van der Waals surface area (Å²) in [4.78, 5) is 56.6. The average molecular weight is 1570 g/mol. The lowest BCUT2D eigenvalue weighted by atomic mass is 9.95. The summed E-state index contributed by atoms with van der Waals surface area (Å²) in [6.07, 6.45) is 6.61. The van der Waals surface area contributed by atoms with Crippen molar-refractivity contribution in [3.8, 4) is 0 Å². The van der Waals surface area contributed by atoms with Crippen LogP contribution < -0.4 is 48.0 Å². The molecule has 0 fully saturated rings. The fourth-order valence-corrected chi connectivity index (χ4v) is 12.6. The van der Waals surface area contributed by atoms with Gasteiger partial charge in [0, 0.05) is 70.3 Å². The van der Waals surface area contributed by atoms with Crippen LogP contribution in [0.3, 0.4) is 0 Å². The first-order valence-corrected chi connectivity index (χ1v) is 37.1. The molecule has 0 bridgehead atoms. The lowest BCUT2D eigenvalue weighted by molar-refractivity contribution is -0.0473. The van der Waals surface area contributed by atoms with Gasteiger partial charge in [0.05, 0.1) is 81.0 Å². The number of fused-ring (bicyclic) bond motifs is 3. The number of nitrogens with zero attached hydrogens (tertiary/aromatic N) is 12. The number of imidazole rings is 3. The second kappa shape index (κ2) is 36.1. The van der Waals surface area contributed by atoms with Crippen molar-refractivity contribution >= 4 is 108 Å². The number of carbonyl (C=O) groups is 3. The van der Waals surface area contributed by atoms with E-state index in [-0.39, 0.29) is 76.8 Å². The quantitative estimate of drug-likeness (QED) is 0.0209. The third kappa shape index (κ3) is 20.1. The fourth-order valence-electron chi connectivity index (χ4n) is 11.1. The number of methoxy groups -OCH3 is 1. The van der Waals surface area contributed by atoms with E-state index < -0.39 is 45.5 Å². The van der Waals surface area contributed by atoms with Crippen molar-refractivity contribution in [2.75, 3.05) is 61.4 Å². The first-order valence-electron chi connectivity index (χ1n) is 34.6. The van der Waals surface area contributed by atoms with E-state index in [1.807, 2.05) is 40.7 Å². The molecule has 8 N–H and O–H groups in total. The number of hydrazine groups is 2. The summed E-state index contributed by atoms with van der Waals surface area (Å²) in [6.45, 7) is 22.6. The number of nitrogens with one attached hydrogen (secondary N) is 4. The lowest BCUT2D eigenvalue weighted by Crippen LogP contribution is -2.52. The zero-order valence-corrected chi connectivity index (χ0v) is 64.5.